The van der Waals surface area contributed by atoms with Crippen molar-refractivity contribution >= 4 is 16.4 Å². The Hall–Kier alpha value is 0.354. The van der Waals surface area contributed by atoms with Crippen LogP contribution in [0, 0.1) is 0 Å². The van der Waals surface area contributed by atoms with Gasteiger partial charge in [0.05, 0.1) is 12.7 Å². The summed E-state index contributed by atoms with van der Waals surface area (Å²) >= 11 is 0. The molecule has 0 saturated heterocycles. The van der Waals surface area contributed by atoms with E-state index in [1.807, 2.05) is 0 Å². The van der Waals surface area contributed by atoms with Crippen molar-refractivity contribution in [2.45, 2.75) is 70.7 Å². The van der Waals surface area contributed by atoms with Crippen LogP contribution in [0.25, 0.3) is 0 Å². The summed E-state index contributed by atoms with van der Waals surface area (Å²) in [5, 5.41) is 9.97. The van der Waals surface area contributed by atoms with Gasteiger partial charge in [-0.3, -0.25) is 0 Å². The highest BCUT2D eigenvalue weighted by Crippen LogP contribution is 2.22. The van der Waals surface area contributed by atoms with Crippen LogP contribution >= 0.6 is 0 Å². The smallest absolute Gasteiger partial charge is 0.192 e. The second-order valence-corrected chi connectivity index (χ2v) is 16.3. The lowest BCUT2D eigenvalue weighted by atomic mass is 10.4. The number of aliphatic hydroxyl groups excluding tert-OH is 1. The topological polar surface area (TPSA) is 29.5 Å². The van der Waals surface area contributed by atoms with Crippen molar-refractivity contribution in [3.63, 3.8) is 0 Å². The first-order chi connectivity index (χ1) is 7.28. The highest BCUT2D eigenvalue weighted by Gasteiger charge is 2.30. The maximum Gasteiger partial charge on any atom is 0.192 e. The van der Waals surface area contributed by atoms with E-state index in [-0.39, 0.29) is 6.10 Å². The summed E-state index contributed by atoms with van der Waals surface area (Å²) in [7, 11) is -2.66. The first-order valence-electron chi connectivity index (χ1n) is 6.60. The molecule has 0 spiro atoms. The molecule has 2 nitrogen and oxygen atoms in total. The normalized spacial score (nSPS) is 15.2. The molecule has 0 aliphatic carbocycles. The van der Waals surface area contributed by atoms with Crippen molar-refractivity contribution in [1.82, 2.24) is 0 Å². The van der Waals surface area contributed by atoms with Gasteiger partial charge in [0.15, 0.2) is 8.32 Å². The maximum atomic E-state index is 9.97. The summed E-state index contributed by atoms with van der Waals surface area (Å²) in [6.07, 6.45) is -0.247. The van der Waals surface area contributed by atoms with Crippen LogP contribution in [0.2, 0.25) is 43.8 Å². The van der Waals surface area contributed by atoms with Crippen LogP contribution in [0.4, 0.5) is 0 Å². The van der Waals surface area contributed by atoms with Crippen LogP contribution in [0.15, 0.2) is 0 Å². The molecule has 0 fully saturated rings. The van der Waals surface area contributed by atoms with Crippen LogP contribution in [-0.2, 0) is 4.43 Å². The van der Waals surface area contributed by atoms with Crippen LogP contribution in [0.3, 0.4) is 0 Å². The largest absolute Gasteiger partial charge is 0.414 e. The number of rotatable bonds is 8. The predicted octanol–water partition coefficient (Wildman–Crippen LogP) is 3.71. The van der Waals surface area contributed by atoms with Crippen molar-refractivity contribution < 1.29 is 9.53 Å². The minimum atomic E-state index is -1.50. The molecule has 1 N–H and O–H groups in total. The van der Waals surface area contributed by atoms with E-state index in [0.29, 0.717) is 6.61 Å². The first-order valence-corrected chi connectivity index (χ1v) is 12.8. The molecule has 0 heterocycles. The highest BCUT2D eigenvalue weighted by molar-refractivity contribution is 6.76. The molecule has 0 amide bonds. The standard InChI is InChI=1S/C12H30O2Si2/c1-7-16(8-2,9-3)14-10-12(13)11-15(4,5)6/h12-13H,7-11H2,1-6H3/t12-/m0/s1. The third-order valence-electron chi connectivity index (χ3n) is 3.36. The molecular weight excluding hydrogens is 232 g/mol. The summed E-state index contributed by atoms with van der Waals surface area (Å²) in [6.45, 7) is 14.1. The Morgan fingerprint density at radius 3 is 1.75 bits per heavy atom. The molecule has 0 aromatic heterocycles. The van der Waals surface area contributed by atoms with Gasteiger partial charge in [0.25, 0.3) is 0 Å². The lowest BCUT2D eigenvalue weighted by Crippen LogP contribution is -2.39. The zero-order valence-electron chi connectivity index (χ0n) is 12.0. The van der Waals surface area contributed by atoms with Gasteiger partial charge in [-0.25, -0.2) is 0 Å². The molecule has 16 heavy (non-hydrogen) atoms. The van der Waals surface area contributed by atoms with Gasteiger partial charge in [-0.2, -0.15) is 0 Å². The Kier molecular flexibility index (Phi) is 7.09. The fourth-order valence-corrected chi connectivity index (χ4v) is 6.28. The van der Waals surface area contributed by atoms with E-state index in [1.54, 1.807) is 0 Å². The van der Waals surface area contributed by atoms with E-state index in [1.165, 1.54) is 18.1 Å². The number of hydrogen-bond acceptors (Lipinski definition) is 2. The monoisotopic (exact) mass is 262 g/mol. The van der Waals surface area contributed by atoms with Crippen molar-refractivity contribution in [3.05, 3.63) is 0 Å². The molecule has 0 bridgehead atoms. The van der Waals surface area contributed by atoms with Gasteiger partial charge in [-0.05, 0) is 24.2 Å². The number of aliphatic hydroxyl groups is 1. The third kappa shape index (κ3) is 6.18. The molecule has 1 atom stereocenters. The van der Waals surface area contributed by atoms with Crippen molar-refractivity contribution in [2.75, 3.05) is 6.61 Å². The fourth-order valence-electron chi connectivity index (χ4n) is 2.09. The van der Waals surface area contributed by atoms with Gasteiger partial charge in [-0.15, -0.1) is 0 Å². The molecule has 0 radical (unpaired) electrons. The van der Waals surface area contributed by atoms with Gasteiger partial charge < -0.3 is 9.53 Å². The maximum absolute atomic E-state index is 9.97. The molecule has 0 aromatic carbocycles. The molecule has 0 aromatic rings. The molecule has 0 aliphatic rings. The molecule has 4 heteroatoms. The Labute approximate surface area is 104 Å². The SMILES string of the molecule is CC[Si](CC)(CC)OC[C@H](O)C[Si](C)(C)C. The van der Waals surface area contributed by atoms with E-state index < -0.39 is 16.4 Å². The predicted molar refractivity (Wildman–Crippen MR) is 77.3 cm³/mol. The molecule has 0 saturated carbocycles. The zero-order valence-corrected chi connectivity index (χ0v) is 14.0. The van der Waals surface area contributed by atoms with Crippen LogP contribution in [0.1, 0.15) is 20.8 Å². The quantitative estimate of drug-likeness (QED) is 0.676. The second-order valence-electron chi connectivity index (χ2n) is 5.97. The molecule has 0 unspecified atom stereocenters. The van der Waals surface area contributed by atoms with E-state index in [0.717, 1.165) is 6.04 Å². The lowest BCUT2D eigenvalue weighted by molar-refractivity contribution is 0.115. The van der Waals surface area contributed by atoms with Gasteiger partial charge >= 0.3 is 0 Å². The van der Waals surface area contributed by atoms with Gasteiger partial charge in [0.1, 0.15) is 0 Å². The zero-order chi connectivity index (χ0) is 12.8. The van der Waals surface area contributed by atoms with Gasteiger partial charge in [-0.1, -0.05) is 40.4 Å². The summed E-state index contributed by atoms with van der Waals surface area (Å²) < 4.78 is 6.10. The summed E-state index contributed by atoms with van der Waals surface area (Å²) in [5.41, 5.74) is 0. The molecular formula is C12H30O2Si2. The van der Waals surface area contributed by atoms with E-state index in [9.17, 15) is 5.11 Å². The highest BCUT2D eigenvalue weighted by atomic mass is 28.4. The fraction of sp³-hybridized carbons (Fsp3) is 1.00. The van der Waals surface area contributed by atoms with Gasteiger partial charge in [0, 0.05) is 8.07 Å². The Balaban J connectivity index is 4.11. The van der Waals surface area contributed by atoms with Crippen LogP contribution < -0.4 is 0 Å². The average Bonchev–Trinajstić information content (AvgIpc) is 2.18. The Bertz CT molecular complexity index is 178. The van der Waals surface area contributed by atoms with E-state index in [4.69, 9.17) is 4.43 Å². The second kappa shape index (κ2) is 6.94. The Morgan fingerprint density at radius 1 is 1.00 bits per heavy atom. The van der Waals surface area contributed by atoms with Gasteiger partial charge in [0.2, 0.25) is 0 Å². The summed E-state index contributed by atoms with van der Waals surface area (Å²) in [4.78, 5) is 0. The molecule has 0 aliphatic heterocycles. The molecule has 98 valence electrons. The number of hydrogen-bond donors (Lipinski definition) is 1. The minimum absolute atomic E-state index is 0.247. The third-order valence-corrected chi connectivity index (χ3v) is 9.70. The van der Waals surface area contributed by atoms with Crippen molar-refractivity contribution in [2.24, 2.45) is 0 Å². The summed E-state index contributed by atoms with van der Waals surface area (Å²) in [5.74, 6) is 0. The lowest BCUT2D eigenvalue weighted by Gasteiger charge is -2.30. The average molecular weight is 263 g/mol. The summed E-state index contributed by atoms with van der Waals surface area (Å²) in [6, 6.07) is 4.45. The Morgan fingerprint density at radius 2 is 1.44 bits per heavy atom. The van der Waals surface area contributed by atoms with Crippen LogP contribution in [-0.4, -0.2) is 34.2 Å². The molecule has 0 rings (SSSR count). The van der Waals surface area contributed by atoms with E-state index >= 15 is 0 Å². The van der Waals surface area contributed by atoms with E-state index in [2.05, 4.69) is 40.4 Å². The van der Waals surface area contributed by atoms with Crippen molar-refractivity contribution in [1.29, 1.82) is 0 Å². The first kappa shape index (κ1) is 16.4. The van der Waals surface area contributed by atoms with Crippen molar-refractivity contribution in [3.8, 4) is 0 Å². The van der Waals surface area contributed by atoms with Crippen LogP contribution in [0.5, 0.6) is 0 Å². The minimum Gasteiger partial charge on any atom is -0.414 e.